The zero-order chi connectivity index (χ0) is 12.3. The molecule has 2 rings (SSSR count). The van der Waals surface area contributed by atoms with E-state index in [1.54, 1.807) is 0 Å². The highest BCUT2D eigenvalue weighted by atomic mass is 16.4. The molecule has 0 unspecified atom stereocenters. The lowest BCUT2D eigenvalue weighted by Crippen LogP contribution is -2.14. The van der Waals surface area contributed by atoms with Crippen LogP contribution in [0.1, 0.15) is 50.0 Å². The standard InChI is InChI=1S/C13H20N2O2/c1-15-9-12(8-14-15)11-5-2-10(3-6-11)4-7-13(16)17/h8-11H,2-7H2,1H3,(H,16,17). The van der Waals surface area contributed by atoms with Gasteiger partial charge >= 0.3 is 5.97 Å². The topological polar surface area (TPSA) is 55.1 Å². The molecule has 0 aliphatic heterocycles. The molecule has 1 aromatic heterocycles. The minimum absolute atomic E-state index is 0.322. The van der Waals surface area contributed by atoms with Crippen molar-refractivity contribution in [3.63, 3.8) is 0 Å². The molecule has 0 bridgehead atoms. The Morgan fingerprint density at radius 1 is 1.47 bits per heavy atom. The van der Waals surface area contributed by atoms with Crippen molar-refractivity contribution in [2.45, 2.75) is 44.4 Å². The molecule has 1 N–H and O–H groups in total. The van der Waals surface area contributed by atoms with Crippen molar-refractivity contribution in [1.82, 2.24) is 9.78 Å². The van der Waals surface area contributed by atoms with Crippen molar-refractivity contribution in [3.8, 4) is 0 Å². The predicted molar refractivity (Wildman–Crippen MR) is 64.8 cm³/mol. The molecule has 0 saturated heterocycles. The molecular formula is C13H20N2O2. The van der Waals surface area contributed by atoms with E-state index >= 15 is 0 Å². The number of rotatable bonds is 4. The summed E-state index contributed by atoms with van der Waals surface area (Å²) < 4.78 is 1.85. The molecule has 17 heavy (non-hydrogen) atoms. The highest BCUT2D eigenvalue weighted by Crippen LogP contribution is 2.37. The first-order valence-corrected chi connectivity index (χ1v) is 6.35. The summed E-state index contributed by atoms with van der Waals surface area (Å²) in [5.41, 5.74) is 1.34. The first kappa shape index (κ1) is 12.1. The van der Waals surface area contributed by atoms with Gasteiger partial charge in [-0.3, -0.25) is 9.48 Å². The molecule has 1 aromatic rings. The summed E-state index contributed by atoms with van der Waals surface area (Å²) in [6.07, 6.45) is 9.90. The van der Waals surface area contributed by atoms with Gasteiger partial charge in [0.15, 0.2) is 0 Å². The third kappa shape index (κ3) is 3.32. The van der Waals surface area contributed by atoms with Crippen LogP contribution in [0.5, 0.6) is 0 Å². The maximum atomic E-state index is 10.5. The van der Waals surface area contributed by atoms with Gasteiger partial charge in [0.25, 0.3) is 0 Å². The smallest absolute Gasteiger partial charge is 0.303 e. The molecule has 0 aromatic carbocycles. The number of hydrogen-bond acceptors (Lipinski definition) is 2. The maximum absolute atomic E-state index is 10.5. The monoisotopic (exact) mass is 236 g/mol. The fourth-order valence-corrected chi connectivity index (χ4v) is 2.76. The summed E-state index contributed by atoms with van der Waals surface area (Å²) in [6, 6.07) is 0. The summed E-state index contributed by atoms with van der Waals surface area (Å²) in [5, 5.41) is 12.9. The Bertz CT molecular complexity index is 379. The van der Waals surface area contributed by atoms with Crippen LogP contribution in [0.2, 0.25) is 0 Å². The van der Waals surface area contributed by atoms with Crippen LogP contribution >= 0.6 is 0 Å². The molecule has 94 valence electrons. The van der Waals surface area contributed by atoms with Gasteiger partial charge in [0.05, 0.1) is 6.20 Å². The lowest BCUT2D eigenvalue weighted by atomic mass is 9.78. The fraction of sp³-hybridized carbons (Fsp3) is 0.692. The number of carboxylic acid groups (broad SMARTS) is 1. The molecule has 1 heterocycles. The fourth-order valence-electron chi connectivity index (χ4n) is 2.76. The molecule has 1 aliphatic rings. The summed E-state index contributed by atoms with van der Waals surface area (Å²) >= 11 is 0. The normalized spacial score (nSPS) is 24.8. The first-order valence-electron chi connectivity index (χ1n) is 6.35. The van der Waals surface area contributed by atoms with E-state index in [1.807, 2.05) is 17.9 Å². The van der Waals surface area contributed by atoms with Gasteiger partial charge in [-0.05, 0) is 49.5 Å². The average Bonchev–Trinajstić information content (AvgIpc) is 2.74. The average molecular weight is 236 g/mol. The Morgan fingerprint density at radius 3 is 2.71 bits per heavy atom. The van der Waals surface area contributed by atoms with Crippen molar-refractivity contribution in [2.24, 2.45) is 13.0 Å². The minimum atomic E-state index is -0.667. The lowest BCUT2D eigenvalue weighted by Gasteiger charge is -2.27. The van der Waals surface area contributed by atoms with Crippen LogP contribution in [0, 0.1) is 5.92 Å². The number of aromatic nitrogens is 2. The summed E-state index contributed by atoms with van der Waals surface area (Å²) in [4.78, 5) is 10.5. The van der Waals surface area contributed by atoms with Crippen molar-refractivity contribution < 1.29 is 9.90 Å². The largest absolute Gasteiger partial charge is 0.481 e. The summed E-state index contributed by atoms with van der Waals surface area (Å²) in [5.74, 6) is 0.572. The van der Waals surface area contributed by atoms with Gasteiger partial charge in [0.1, 0.15) is 0 Å². The number of aliphatic carboxylic acids is 1. The Morgan fingerprint density at radius 2 is 2.18 bits per heavy atom. The van der Waals surface area contributed by atoms with E-state index in [9.17, 15) is 4.79 Å². The number of carbonyl (C=O) groups is 1. The Labute approximate surface area is 102 Å². The van der Waals surface area contributed by atoms with Crippen LogP contribution in [0.3, 0.4) is 0 Å². The molecule has 0 amide bonds. The molecule has 1 saturated carbocycles. The van der Waals surface area contributed by atoms with E-state index in [0.717, 1.165) is 19.3 Å². The van der Waals surface area contributed by atoms with Gasteiger partial charge in [-0.2, -0.15) is 5.10 Å². The third-order valence-corrected chi connectivity index (χ3v) is 3.81. The SMILES string of the molecule is Cn1cc(C2CCC(CCC(=O)O)CC2)cn1. The van der Waals surface area contributed by atoms with Crippen LogP contribution in [0.4, 0.5) is 0 Å². The highest BCUT2D eigenvalue weighted by Gasteiger charge is 2.23. The predicted octanol–water partition coefficient (Wildman–Crippen LogP) is 2.56. The van der Waals surface area contributed by atoms with Gasteiger partial charge in [-0.15, -0.1) is 0 Å². The van der Waals surface area contributed by atoms with Crippen LogP contribution in [0.15, 0.2) is 12.4 Å². The minimum Gasteiger partial charge on any atom is -0.481 e. The quantitative estimate of drug-likeness (QED) is 0.874. The van der Waals surface area contributed by atoms with Gasteiger partial charge in [-0.1, -0.05) is 0 Å². The van der Waals surface area contributed by atoms with Crippen molar-refractivity contribution >= 4 is 5.97 Å². The van der Waals surface area contributed by atoms with Gasteiger partial charge in [0.2, 0.25) is 0 Å². The van der Waals surface area contributed by atoms with Gasteiger partial charge < -0.3 is 5.11 Å². The van der Waals surface area contributed by atoms with E-state index in [2.05, 4.69) is 11.3 Å². The molecule has 0 spiro atoms. The number of nitrogens with zero attached hydrogens (tertiary/aromatic N) is 2. The van der Waals surface area contributed by atoms with Crippen molar-refractivity contribution in [3.05, 3.63) is 18.0 Å². The molecule has 4 heteroatoms. The Hall–Kier alpha value is -1.32. The van der Waals surface area contributed by atoms with Gasteiger partial charge in [-0.25, -0.2) is 0 Å². The third-order valence-electron chi connectivity index (χ3n) is 3.81. The molecule has 0 radical (unpaired) electrons. The second-order valence-electron chi connectivity index (χ2n) is 5.10. The van der Waals surface area contributed by atoms with Gasteiger partial charge in [0, 0.05) is 19.7 Å². The van der Waals surface area contributed by atoms with Crippen molar-refractivity contribution in [2.75, 3.05) is 0 Å². The number of aryl methyl sites for hydroxylation is 1. The Balaban J connectivity index is 1.80. The van der Waals surface area contributed by atoms with Crippen LogP contribution < -0.4 is 0 Å². The second-order valence-corrected chi connectivity index (χ2v) is 5.10. The maximum Gasteiger partial charge on any atom is 0.303 e. The van der Waals surface area contributed by atoms with E-state index in [0.29, 0.717) is 18.3 Å². The lowest BCUT2D eigenvalue weighted by molar-refractivity contribution is -0.137. The van der Waals surface area contributed by atoms with E-state index < -0.39 is 5.97 Å². The second kappa shape index (κ2) is 5.34. The molecule has 4 nitrogen and oxygen atoms in total. The summed E-state index contributed by atoms with van der Waals surface area (Å²) in [6.45, 7) is 0. The van der Waals surface area contributed by atoms with Crippen LogP contribution in [-0.4, -0.2) is 20.9 Å². The van der Waals surface area contributed by atoms with Crippen LogP contribution in [0.25, 0.3) is 0 Å². The van der Waals surface area contributed by atoms with E-state index in [-0.39, 0.29) is 0 Å². The summed E-state index contributed by atoms with van der Waals surface area (Å²) in [7, 11) is 1.95. The number of carboxylic acids is 1. The molecular weight excluding hydrogens is 216 g/mol. The van der Waals surface area contributed by atoms with E-state index in [4.69, 9.17) is 5.11 Å². The van der Waals surface area contributed by atoms with Crippen molar-refractivity contribution in [1.29, 1.82) is 0 Å². The molecule has 1 aliphatic carbocycles. The molecule has 1 fully saturated rings. The number of hydrogen-bond donors (Lipinski definition) is 1. The zero-order valence-electron chi connectivity index (χ0n) is 10.3. The Kier molecular flexibility index (Phi) is 3.82. The molecule has 0 atom stereocenters. The zero-order valence-corrected chi connectivity index (χ0v) is 10.3. The first-order chi connectivity index (χ1) is 8.15. The van der Waals surface area contributed by atoms with Crippen LogP contribution in [-0.2, 0) is 11.8 Å². The van der Waals surface area contributed by atoms with E-state index in [1.165, 1.54) is 18.4 Å². The highest BCUT2D eigenvalue weighted by molar-refractivity contribution is 5.66.